The number of aryl methyl sites for hydroxylation is 1. The highest BCUT2D eigenvalue weighted by molar-refractivity contribution is 5.35. The van der Waals surface area contributed by atoms with E-state index >= 15 is 0 Å². The second-order valence-electron chi connectivity index (χ2n) is 6.57. The summed E-state index contributed by atoms with van der Waals surface area (Å²) in [6, 6.07) is 7.14. The molecular formula is C17H25NO2. The van der Waals surface area contributed by atoms with Crippen LogP contribution < -0.4 is 0 Å². The summed E-state index contributed by atoms with van der Waals surface area (Å²) in [7, 11) is 0. The molecule has 3 heteroatoms. The molecule has 0 aromatic heterocycles. The number of hydrogen-bond donors (Lipinski definition) is 1. The first-order valence-electron chi connectivity index (χ1n) is 7.64. The Morgan fingerprint density at radius 3 is 2.80 bits per heavy atom. The second-order valence-corrected chi connectivity index (χ2v) is 6.57. The van der Waals surface area contributed by atoms with Crippen molar-refractivity contribution in [1.82, 2.24) is 4.90 Å². The Bertz CT molecular complexity index is 476. The maximum atomic E-state index is 9.65. The van der Waals surface area contributed by atoms with Crippen LogP contribution in [0.3, 0.4) is 0 Å². The molecule has 0 bridgehead atoms. The molecule has 1 N–H and O–H groups in total. The molecule has 0 radical (unpaired) electrons. The van der Waals surface area contributed by atoms with Crippen molar-refractivity contribution in [3.63, 3.8) is 0 Å². The van der Waals surface area contributed by atoms with Crippen molar-refractivity contribution < 1.29 is 9.84 Å². The van der Waals surface area contributed by atoms with E-state index in [4.69, 9.17) is 4.74 Å². The van der Waals surface area contributed by atoms with Crippen LogP contribution in [0.4, 0.5) is 0 Å². The number of rotatable bonds is 4. The monoisotopic (exact) mass is 275 g/mol. The van der Waals surface area contributed by atoms with E-state index in [1.54, 1.807) is 0 Å². The lowest BCUT2D eigenvalue weighted by molar-refractivity contribution is -0.149. The van der Waals surface area contributed by atoms with Crippen LogP contribution in [0.2, 0.25) is 0 Å². The van der Waals surface area contributed by atoms with Gasteiger partial charge in [0.05, 0.1) is 25.2 Å². The Labute approximate surface area is 121 Å². The summed E-state index contributed by atoms with van der Waals surface area (Å²) in [6.45, 7) is 8.17. The molecule has 2 heterocycles. The van der Waals surface area contributed by atoms with Gasteiger partial charge in [-0.15, -0.1) is 0 Å². The summed E-state index contributed by atoms with van der Waals surface area (Å²) < 4.78 is 5.34. The standard InChI is InChI=1S/C17H25NO2/c1-13-5-3-6-15(14(13)2)16-7-4-8-18(16)9-17(10-19)11-20-12-17/h3,5-6,16,19H,4,7-12H2,1-2H3. The molecule has 0 spiro atoms. The Hall–Kier alpha value is -0.900. The largest absolute Gasteiger partial charge is 0.396 e. The van der Waals surface area contributed by atoms with Crippen molar-refractivity contribution in [1.29, 1.82) is 0 Å². The third-order valence-corrected chi connectivity index (χ3v) is 5.06. The van der Waals surface area contributed by atoms with Gasteiger partial charge in [0, 0.05) is 12.6 Å². The average Bonchev–Trinajstić information content (AvgIpc) is 2.85. The predicted octanol–water partition coefficient (Wildman–Crippen LogP) is 2.45. The molecule has 0 saturated carbocycles. The van der Waals surface area contributed by atoms with Gasteiger partial charge in [-0.1, -0.05) is 18.2 Å². The van der Waals surface area contributed by atoms with E-state index in [9.17, 15) is 5.11 Å². The van der Waals surface area contributed by atoms with Gasteiger partial charge in [0.2, 0.25) is 0 Å². The highest BCUT2D eigenvalue weighted by Gasteiger charge is 2.42. The summed E-state index contributed by atoms with van der Waals surface area (Å²) in [4.78, 5) is 2.56. The van der Waals surface area contributed by atoms with Gasteiger partial charge in [0.15, 0.2) is 0 Å². The number of likely N-dealkylation sites (tertiary alicyclic amines) is 1. The molecule has 2 aliphatic rings. The quantitative estimate of drug-likeness (QED) is 0.916. The summed E-state index contributed by atoms with van der Waals surface area (Å²) >= 11 is 0. The molecule has 0 amide bonds. The van der Waals surface area contributed by atoms with Gasteiger partial charge in [0.1, 0.15) is 0 Å². The van der Waals surface area contributed by atoms with E-state index in [1.807, 2.05) is 0 Å². The molecule has 1 atom stereocenters. The lowest BCUT2D eigenvalue weighted by atomic mass is 9.85. The molecule has 1 unspecified atom stereocenters. The van der Waals surface area contributed by atoms with Crippen LogP contribution in [0.1, 0.15) is 35.6 Å². The van der Waals surface area contributed by atoms with E-state index in [0.717, 1.165) is 13.1 Å². The molecule has 1 aromatic carbocycles. The lowest BCUT2D eigenvalue weighted by Gasteiger charge is -2.44. The minimum atomic E-state index is -0.0136. The predicted molar refractivity (Wildman–Crippen MR) is 79.8 cm³/mol. The normalized spacial score (nSPS) is 25.6. The summed E-state index contributed by atoms with van der Waals surface area (Å²) in [6.07, 6.45) is 2.48. The minimum absolute atomic E-state index is 0.0136. The van der Waals surface area contributed by atoms with E-state index < -0.39 is 0 Å². The Balaban J connectivity index is 1.80. The van der Waals surface area contributed by atoms with Gasteiger partial charge in [-0.2, -0.15) is 0 Å². The molecule has 110 valence electrons. The fraction of sp³-hybridized carbons (Fsp3) is 0.647. The molecule has 3 rings (SSSR count). The number of aliphatic hydroxyl groups is 1. The van der Waals surface area contributed by atoms with Crippen molar-refractivity contribution in [3.05, 3.63) is 34.9 Å². The van der Waals surface area contributed by atoms with Crippen LogP contribution >= 0.6 is 0 Å². The maximum Gasteiger partial charge on any atom is 0.0579 e. The van der Waals surface area contributed by atoms with Gasteiger partial charge in [-0.05, 0) is 49.9 Å². The van der Waals surface area contributed by atoms with Crippen LogP contribution in [0.15, 0.2) is 18.2 Å². The Morgan fingerprint density at radius 1 is 1.35 bits per heavy atom. The summed E-state index contributed by atoms with van der Waals surface area (Å²) in [5.41, 5.74) is 4.25. The maximum absolute atomic E-state index is 9.65. The summed E-state index contributed by atoms with van der Waals surface area (Å²) in [5, 5.41) is 9.65. The number of benzene rings is 1. The molecule has 2 fully saturated rings. The third-order valence-electron chi connectivity index (χ3n) is 5.06. The second kappa shape index (κ2) is 5.47. The van der Waals surface area contributed by atoms with Crippen molar-refractivity contribution in [2.45, 2.75) is 32.7 Å². The zero-order valence-corrected chi connectivity index (χ0v) is 12.6. The number of aliphatic hydroxyl groups excluding tert-OH is 1. The fourth-order valence-electron chi connectivity index (χ4n) is 3.56. The molecule has 2 aliphatic heterocycles. The highest BCUT2D eigenvalue weighted by atomic mass is 16.5. The fourth-order valence-corrected chi connectivity index (χ4v) is 3.56. The lowest BCUT2D eigenvalue weighted by Crippen LogP contribution is -2.53. The zero-order valence-electron chi connectivity index (χ0n) is 12.6. The molecule has 20 heavy (non-hydrogen) atoms. The van der Waals surface area contributed by atoms with Crippen LogP contribution in [-0.2, 0) is 4.74 Å². The first-order chi connectivity index (χ1) is 9.65. The zero-order chi connectivity index (χ0) is 14.2. The molecule has 1 aromatic rings. The molecule has 3 nitrogen and oxygen atoms in total. The molecular weight excluding hydrogens is 250 g/mol. The van der Waals surface area contributed by atoms with Gasteiger partial charge in [-0.3, -0.25) is 4.90 Å². The van der Waals surface area contributed by atoms with Crippen LogP contribution in [0.25, 0.3) is 0 Å². The van der Waals surface area contributed by atoms with Crippen LogP contribution in [0, 0.1) is 19.3 Å². The average molecular weight is 275 g/mol. The SMILES string of the molecule is Cc1cccc(C2CCCN2CC2(CO)COC2)c1C. The first kappa shape index (κ1) is 14.1. The smallest absolute Gasteiger partial charge is 0.0579 e. The topological polar surface area (TPSA) is 32.7 Å². The van der Waals surface area contributed by atoms with E-state index in [2.05, 4.69) is 36.9 Å². The molecule has 0 aliphatic carbocycles. The van der Waals surface area contributed by atoms with E-state index in [-0.39, 0.29) is 12.0 Å². The van der Waals surface area contributed by atoms with Crippen molar-refractivity contribution in [2.24, 2.45) is 5.41 Å². The number of hydrogen-bond acceptors (Lipinski definition) is 3. The van der Waals surface area contributed by atoms with Gasteiger partial charge < -0.3 is 9.84 Å². The van der Waals surface area contributed by atoms with Gasteiger partial charge in [0.25, 0.3) is 0 Å². The van der Waals surface area contributed by atoms with Crippen LogP contribution in [0.5, 0.6) is 0 Å². The van der Waals surface area contributed by atoms with Crippen molar-refractivity contribution in [3.8, 4) is 0 Å². The first-order valence-corrected chi connectivity index (χ1v) is 7.64. The number of ether oxygens (including phenoxy) is 1. The van der Waals surface area contributed by atoms with Gasteiger partial charge >= 0.3 is 0 Å². The number of nitrogens with zero attached hydrogens (tertiary/aromatic N) is 1. The van der Waals surface area contributed by atoms with Crippen molar-refractivity contribution >= 4 is 0 Å². The molecule has 2 saturated heterocycles. The van der Waals surface area contributed by atoms with E-state index in [0.29, 0.717) is 19.3 Å². The van der Waals surface area contributed by atoms with Gasteiger partial charge in [-0.25, -0.2) is 0 Å². The summed E-state index contributed by atoms with van der Waals surface area (Å²) in [5.74, 6) is 0. The van der Waals surface area contributed by atoms with E-state index in [1.165, 1.54) is 29.5 Å². The Kier molecular flexibility index (Phi) is 3.85. The van der Waals surface area contributed by atoms with Crippen LogP contribution in [-0.4, -0.2) is 42.9 Å². The van der Waals surface area contributed by atoms with Crippen molar-refractivity contribution in [2.75, 3.05) is 32.9 Å². The highest BCUT2D eigenvalue weighted by Crippen LogP contribution is 2.38. The third kappa shape index (κ3) is 2.39. The minimum Gasteiger partial charge on any atom is -0.396 e. The Morgan fingerprint density at radius 2 is 2.15 bits per heavy atom.